The molecule has 0 amide bonds. The molecule has 2 atom stereocenters. The first kappa shape index (κ1) is 9.90. The molecule has 1 aromatic rings. The Morgan fingerprint density at radius 1 is 1.25 bits per heavy atom. The molecule has 2 unspecified atom stereocenters. The second kappa shape index (κ2) is 3.63. The number of piperazine rings is 1. The number of rotatable bonds is 1. The van der Waals surface area contributed by atoms with Crippen LogP contribution in [0.4, 0.5) is 11.6 Å². The minimum atomic E-state index is 0.615. The van der Waals surface area contributed by atoms with E-state index in [4.69, 9.17) is 5.73 Å². The maximum absolute atomic E-state index is 5.73. The molecule has 2 N–H and O–H groups in total. The summed E-state index contributed by atoms with van der Waals surface area (Å²) in [5.41, 5.74) is 5.73. The third kappa shape index (κ3) is 1.53. The van der Waals surface area contributed by atoms with Crippen molar-refractivity contribution in [3.63, 3.8) is 0 Å². The zero-order valence-electron chi connectivity index (χ0n) is 9.63. The van der Waals surface area contributed by atoms with Crippen molar-refractivity contribution in [2.24, 2.45) is 0 Å². The molecule has 2 fully saturated rings. The quantitative estimate of drug-likeness (QED) is 0.762. The fourth-order valence-corrected chi connectivity index (χ4v) is 2.92. The van der Waals surface area contributed by atoms with Crippen LogP contribution in [0.15, 0.2) is 18.2 Å². The van der Waals surface area contributed by atoms with Gasteiger partial charge in [-0.05, 0) is 32.0 Å². The lowest BCUT2D eigenvalue weighted by Gasteiger charge is -2.39. The van der Waals surface area contributed by atoms with E-state index < -0.39 is 0 Å². The molecule has 3 rings (SSSR count). The molecule has 0 aliphatic carbocycles. The molecule has 2 aliphatic heterocycles. The monoisotopic (exact) mass is 218 g/mol. The van der Waals surface area contributed by atoms with E-state index in [1.165, 1.54) is 12.8 Å². The largest absolute Gasteiger partial charge is 0.384 e. The number of pyridine rings is 1. The zero-order chi connectivity index (χ0) is 11.1. The van der Waals surface area contributed by atoms with Gasteiger partial charge in [-0.3, -0.25) is 4.90 Å². The molecule has 0 saturated carbocycles. The van der Waals surface area contributed by atoms with E-state index in [0.717, 1.165) is 18.9 Å². The highest BCUT2D eigenvalue weighted by molar-refractivity contribution is 5.45. The van der Waals surface area contributed by atoms with Crippen molar-refractivity contribution in [2.75, 3.05) is 30.8 Å². The number of aromatic nitrogens is 1. The highest BCUT2D eigenvalue weighted by atomic mass is 15.3. The van der Waals surface area contributed by atoms with Gasteiger partial charge in [-0.2, -0.15) is 0 Å². The lowest BCUT2D eigenvalue weighted by atomic mass is 10.2. The van der Waals surface area contributed by atoms with Crippen LogP contribution in [-0.4, -0.2) is 42.1 Å². The number of anilines is 2. The Kier molecular flexibility index (Phi) is 2.24. The molecule has 0 aromatic carbocycles. The van der Waals surface area contributed by atoms with Crippen molar-refractivity contribution in [3.05, 3.63) is 18.2 Å². The first-order valence-electron chi connectivity index (χ1n) is 5.93. The third-order valence-electron chi connectivity index (χ3n) is 3.93. The Bertz CT molecular complexity index is 378. The van der Waals surface area contributed by atoms with Gasteiger partial charge in [0.15, 0.2) is 0 Å². The SMILES string of the molecule is CN1C2CCC1CN(c1cccc(N)n1)C2. The number of fused-ring (bicyclic) bond motifs is 2. The standard InChI is InChI=1S/C12H18N4/c1-15-9-5-6-10(15)8-16(7-9)12-4-2-3-11(13)14-12/h2-4,9-10H,5-8H2,1H3,(H2,13,14). The van der Waals surface area contributed by atoms with E-state index in [1.807, 2.05) is 12.1 Å². The topological polar surface area (TPSA) is 45.4 Å². The summed E-state index contributed by atoms with van der Waals surface area (Å²) in [4.78, 5) is 9.29. The number of nitrogen functional groups attached to an aromatic ring is 1. The van der Waals surface area contributed by atoms with Crippen molar-refractivity contribution < 1.29 is 0 Å². The minimum Gasteiger partial charge on any atom is -0.384 e. The average molecular weight is 218 g/mol. The van der Waals surface area contributed by atoms with Gasteiger partial charge in [0.05, 0.1) is 0 Å². The summed E-state index contributed by atoms with van der Waals surface area (Å²) in [5.74, 6) is 1.65. The molecule has 2 aliphatic rings. The van der Waals surface area contributed by atoms with Gasteiger partial charge < -0.3 is 10.6 Å². The van der Waals surface area contributed by atoms with E-state index >= 15 is 0 Å². The Morgan fingerprint density at radius 2 is 1.94 bits per heavy atom. The van der Waals surface area contributed by atoms with Crippen LogP contribution < -0.4 is 10.6 Å². The van der Waals surface area contributed by atoms with Crippen LogP contribution in [0.1, 0.15) is 12.8 Å². The summed E-state index contributed by atoms with van der Waals surface area (Å²) in [5, 5.41) is 0. The van der Waals surface area contributed by atoms with Gasteiger partial charge in [0.2, 0.25) is 0 Å². The van der Waals surface area contributed by atoms with Crippen molar-refractivity contribution in [1.29, 1.82) is 0 Å². The van der Waals surface area contributed by atoms with Crippen LogP contribution in [-0.2, 0) is 0 Å². The van der Waals surface area contributed by atoms with Crippen molar-refractivity contribution in [2.45, 2.75) is 24.9 Å². The molecule has 4 nitrogen and oxygen atoms in total. The maximum atomic E-state index is 5.73. The van der Waals surface area contributed by atoms with E-state index in [9.17, 15) is 0 Å². The number of likely N-dealkylation sites (N-methyl/N-ethyl adjacent to an activating group) is 1. The van der Waals surface area contributed by atoms with Crippen LogP contribution in [0, 0.1) is 0 Å². The fraction of sp³-hybridized carbons (Fsp3) is 0.583. The van der Waals surface area contributed by atoms with Gasteiger partial charge in [-0.1, -0.05) is 6.07 Å². The summed E-state index contributed by atoms with van der Waals surface area (Å²) < 4.78 is 0. The van der Waals surface area contributed by atoms with Crippen LogP contribution >= 0.6 is 0 Å². The second-order valence-electron chi connectivity index (χ2n) is 4.88. The van der Waals surface area contributed by atoms with Gasteiger partial charge in [-0.25, -0.2) is 4.98 Å². The van der Waals surface area contributed by atoms with Gasteiger partial charge in [-0.15, -0.1) is 0 Å². The Hall–Kier alpha value is -1.29. The van der Waals surface area contributed by atoms with Gasteiger partial charge in [0.1, 0.15) is 11.6 Å². The normalized spacial score (nSPS) is 29.7. The molecule has 4 heteroatoms. The summed E-state index contributed by atoms with van der Waals surface area (Å²) in [6.45, 7) is 2.17. The van der Waals surface area contributed by atoms with Gasteiger partial charge >= 0.3 is 0 Å². The molecule has 2 saturated heterocycles. The molecule has 3 heterocycles. The smallest absolute Gasteiger partial charge is 0.131 e. The number of nitrogens with two attached hydrogens (primary N) is 1. The molecule has 16 heavy (non-hydrogen) atoms. The highest BCUT2D eigenvalue weighted by Gasteiger charge is 2.37. The highest BCUT2D eigenvalue weighted by Crippen LogP contribution is 2.30. The van der Waals surface area contributed by atoms with Crippen LogP contribution in [0.2, 0.25) is 0 Å². The third-order valence-corrected chi connectivity index (χ3v) is 3.93. The lowest BCUT2D eigenvalue weighted by Crippen LogP contribution is -2.52. The van der Waals surface area contributed by atoms with Gasteiger partial charge in [0.25, 0.3) is 0 Å². The summed E-state index contributed by atoms with van der Waals surface area (Å²) in [6, 6.07) is 7.27. The summed E-state index contributed by atoms with van der Waals surface area (Å²) in [6.07, 6.45) is 2.64. The summed E-state index contributed by atoms with van der Waals surface area (Å²) in [7, 11) is 2.24. The number of hydrogen-bond donors (Lipinski definition) is 1. The molecular weight excluding hydrogens is 200 g/mol. The van der Waals surface area contributed by atoms with Crippen molar-refractivity contribution >= 4 is 11.6 Å². The Morgan fingerprint density at radius 3 is 2.56 bits per heavy atom. The lowest BCUT2D eigenvalue weighted by molar-refractivity contribution is 0.212. The van der Waals surface area contributed by atoms with Crippen molar-refractivity contribution in [1.82, 2.24) is 9.88 Å². The van der Waals surface area contributed by atoms with Crippen LogP contribution in [0.3, 0.4) is 0 Å². The van der Waals surface area contributed by atoms with E-state index in [2.05, 4.69) is 27.9 Å². The Balaban J connectivity index is 1.83. The first-order valence-corrected chi connectivity index (χ1v) is 5.93. The molecule has 1 aromatic heterocycles. The van der Waals surface area contributed by atoms with Crippen LogP contribution in [0.25, 0.3) is 0 Å². The molecule has 2 bridgehead atoms. The first-order chi connectivity index (χ1) is 7.74. The predicted octanol–water partition coefficient (Wildman–Crippen LogP) is 0.947. The molecular formula is C12H18N4. The Labute approximate surface area is 96.1 Å². The number of hydrogen-bond acceptors (Lipinski definition) is 4. The van der Waals surface area contributed by atoms with E-state index in [0.29, 0.717) is 17.9 Å². The van der Waals surface area contributed by atoms with E-state index in [1.54, 1.807) is 0 Å². The predicted molar refractivity (Wildman–Crippen MR) is 65.4 cm³/mol. The van der Waals surface area contributed by atoms with E-state index in [-0.39, 0.29) is 0 Å². The maximum Gasteiger partial charge on any atom is 0.131 e. The number of nitrogens with zero attached hydrogens (tertiary/aromatic N) is 3. The zero-order valence-corrected chi connectivity index (χ0v) is 9.63. The van der Waals surface area contributed by atoms with Crippen molar-refractivity contribution in [3.8, 4) is 0 Å². The minimum absolute atomic E-state index is 0.615. The fourth-order valence-electron chi connectivity index (χ4n) is 2.92. The van der Waals surface area contributed by atoms with Crippen LogP contribution in [0.5, 0.6) is 0 Å². The summed E-state index contributed by atoms with van der Waals surface area (Å²) >= 11 is 0. The molecule has 86 valence electrons. The van der Waals surface area contributed by atoms with Gasteiger partial charge in [0, 0.05) is 25.2 Å². The molecule has 0 radical (unpaired) electrons. The second-order valence-corrected chi connectivity index (χ2v) is 4.88. The average Bonchev–Trinajstić information content (AvgIpc) is 2.53. The molecule has 0 spiro atoms.